The first-order chi connectivity index (χ1) is 14.4. The molecule has 2 aromatic carbocycles. The third kappa shape index (κ3) is 5.32. The van der Waals surface area contributed by atoms with E-state index in [4.69, 9.17) is 4.74 Å². The summed E-state index contributed by atoms with van der Waals surface area (Å²) in [5.74, 6) is -1.92. The highest BCUT2D eigenvalue weighted by atomic mass is 19.4. The summed E-state index contributed by atoms with van der Waals surface area (Å²) in [5.41, 5.74) is -3.39. The summed E-state index contributed by atoms with van der Waals surface area (Å²) < 4.78 is 84.6. The summed E-state index contributed by atoms with van der Waals surface area (Å²) in [5, 5.41) is 16.2. The number of aromatic carboxylic acids is 1. The van der Waals surface area contributed by atoms with Crippen LogP contribution in [0.1, 0.15) is 32.7 Å². The fourth-order valence-corrected chi connectivity index (χ4v) is 2.69. The van der Waals surface area contributed by atoms with Gasteiger partial charge in [0.15, 0.2) is 0 Å². The lowest BCUT2D eigenvalue weighted by Gasteiger charge is -2.15. The molecule has 6 nitrogen and oxygen atoms in total. The molecule has 0 amide bonds. The Balaban J connectivity index is 1.97. The van der Waals surface area contributed by atoms with Gasteiger partial charge in [0.05, 0.1) is 17.7 Å². The van der Waals surface area contributed by atoms with E-state index >= 15 is 0 Å². The smallest absolute Gasteiger partial charge is 0.416 e. The normalized spacial score (nSPS) is 12.1. The minimum Gasteiger partial charge on any atom is -0.476 e. The molecule has 3 aromatic rings. The van der Waals surface area contributed by atoms with Crippen LogP contribution in [0.2, 0.25) is 0 Å². The second-order valence-electron chi connectivity index (χ2n) is 6.39. The quantitative estimate of drug-likeness (QED) is 0.560. The number of halogens is 6. The Morgan fingerprint density at radius 2 is 1.52 bits per heavy atom. The Morgan fingerprint density at radius 3 is 2.03 bits per heavy atom. The predicted molar refractivity (Wildman–Crippen MR) is 93.3 cm³/mol. The molecule has 0 radical (unpaired) electrons. The molecule has 0 unspecified atom stereocenters. The van der Waals surface area contributed by atoms with Gasteiger partial charge in [-0.15, -0.1) is 5.10 Å². The molecule has 0 aliphatic rings. The van der Waals surface area contributed by atoms with E-state index in [1.165, 1.54) is 0 Å². The van der Waals surface area contributed by atoms with E-state index in [1.54, 1.807) is 30.3 Å². The van der Waals surface area contributed by atoms with Gasteiger partial charge < -0.3 is 9.84 Å². The van der Waals surface area contributed by atoms with Crippen molar-refractivity contribution in [2.24, 2.45) is 0 Å². The van der Waals surface area contributed by atoms with Crippen molar-refractivity contribution in [1.82, 2.24) is 15.0 Å². The molecule has 1 aromatic heterocycles. The molecule has 0 atom stereocenters. The van der Waals surface area contributed by atoms with E-state index in [0.717, 1.165) is 4.68 Å². The summed E-state index contributed by atoms with van der Waals surface area (Å²) in [6.45, 7) is -0.748. The summed E-state index contributed by atoms with van der Waals surface area (Å²) in [6.07, 6.45) is -10.0. The zero-order valence-corrected chi connectivity index (χ0v) is 15.4. The first kappa shape index (κ1) is 22.1. The van der Waals surface area contributed by atoms with Crippen molar-refractivity contribution in [2.45, 2.75) is 25.5 Å². The highest BCUT2D eigenvalue weighted by Crippen LogP contribution is 2.36. The second kappa shape index (κ2) is 8.28. The Hall–Kier alpha value is -3.57. The standard InChI is InChI=1S/C19H13F6N3O3/c20-18(21,22)13-6-12(7-14(8-13)19(23,24)25)9-28-16(15(17(29)30)26-27-28)31-10-11-4-2-1-3-5-11/h1-8H,9-10H2,(H,29,30). The van der Waals surface area contributed by atoms with Gasteiger partial charge in [-0.3, -0.25) is 0 Å². The highest BCUT2D eigenvalue weighted by Gasteiger charge is 2.37. The molecular formula is C19H13F6N3O3. The maximum Gasteiger partial charge on any atom is 0.416 e. The lowest BCUT2D eigenvalue weighted by atomic mass is 10.0. The van der Waals surface area contributed by atoms with Crippen LogP contribution in [0.4, 0.5) is 26.3 Å². The molecule has 3 rings (SSSR count). The molecule has 31 heavy (non-hydrogen) atoms. The molecular weight excluding hydrogens is 432 g/mol. The molecule has 0 bridgehead atoms. The Bertz CT molecular complexity index is 1050. The molecule has 0 fully saturated rings. The number of hydrogen-bond donors (Lipinski definition) is 1. The molecule has 0 saturated heterocycles. The van der Waals surface area contributed by atoms with Crippen molar-refractivity contribution in [1.29, 1.82) is 0 Å². The van der Waals surface area contributed by atoms with Crippen LogP contribution in [0.3, 0.4) is 0 Å². The molecule has 0 spiro atoms. The van der Waals surface area contributed by atoms with Crippen LogP contribution >= 0.6 is 0 Å². The Kier molecular flexibility index (Phi) is 5.91. The number of aromatic nitrogens is 3. The minimum atomic E-state index is -5.02. The zero-order chi connectivity index (χ0) is 22.8. The van der Waals surface area contributed by atoms with Gasteiger partial charge >= 0.3 is 18.3 Å². The molecule has 0 aliphatic heterocycles. The van der Waals surface area contributed by atoms with E-state index in [9.17, 15) is 36.2 Å². The summed E-state index contributed by atoms with van der Waals surface area (Å²) >= 11 is 0. The molecule has 1 heterocycles. The predicted octanol–water partition coefficient (Wildman–Crippen LogP) is 4.64. The number of carboxylic acid groups (broad SMARTS) is 1. The fourth-order valence-electron chi connectivity index (χ4n) is 2.69. The van der Waals surface area contributed by atoms with Crippen LogP contribution in [-0.4, -0.2) is 26.1 Å². The molecule has 0 aliphatic carbocycles. The van der Waals surface area contributed by atoms with E-state index in [2.05, 4.69) is 10.3 Å². The number of benzene rings is 2. The third-order valence-corrected chi connectivity index (χ3v) is 4.09. The maximum atomic E-state index is 13.1. The number of ether oxygens (including phenoxy) is 1. The van der Waals surface area contributed by atoms with Gasteiger partial charge in [0, 0.05) is 0 Å². The average molecular weight is 445 g/mol. The largest absolute Gasteiger partial charge is 0.476 e. The van der Waals surface area contributed by atoms with Gasteiger partial charge in [-0.1, -0.05) is 35.5 Å². The number of rotatable bonds is 6. The van der Waals surface area contributed by atoms with Gasteiger partial charge in [0.1, 0.15) is 6.61 Å². The molecule has 164 valence electrons. The highest BCUT2D eigenvalue weighted by molar-refractivity contribution is 5.87. The van der Waals surface area contributed by atoms with E-state index in [-0.39, 0.29) is 12.7 Å². The first-order valence-electron chi connectivity index (χ1n) is 8.57. The fraction of sp³-hybridized carbons (Fsp3) is 0.211. The number of carboxylic acids is 1. The van der Waals surface area contributed by atoms with Crippen LogP contribution in [0.5, 0.6) is 5.88 Å². The average Bonchev–Trinajstić information content (AvgIpc) is 3.08. The van der Waals surface area contributed by atoms with Crippen molar-refractivity contribution < 1.29 is 41.0 Å². The lowest BCUT2D eigenvalue weighted by Crippen LogP contribution is -2.14. The lowest BCUT2D eigenvalue weighted by molar-refractivity contribution is -0.143. The monoisotopic (exact) mass is 445 g/mol. The van der Waals surface area contributed by atoms with Gasteiger partial charge in [-0.25, -0.2) is 9.48 Å². The number of hydrogen-bond acceptors (Lipinski definition) is 4. The van der Waals surface area contributed by atoms with Crippen LogP contribution in [0.15, 0.2) is 48.5 Å². The topological polar surface area (TPSA) is 77.2 Å². The first-order valence-corrected chi connectivity index (χ1v) is 8.57. The Labute approximate surface area is 170 Å². The number of alkyl halides is 6. The van der Waals surface area contributed by atoms with Gasteiger partial charge in [0.2, 0.25) is 11.6 Å². The third-order valence-electron chi connectivity index (χ3n) is 4.09. The van der Waals surface area contributed by atoms with Crippen molar-refractivity contribution in [2.75, 3.05) is 0 Å². The van der Waals surface area contributed by atoms with Gasteiger partial charge in [0.25, 0.3) is 0 Å². The minimum absolute atomic E-state index is 0.000328. The summed E-state index contributed by atoms with van der Waals surface area (Å²) in [6, 6.07) is 9.55. The van der Waals surface area contributed by atoms with E-state index in [1.807, 2.05) is 0 Å². The van der Waals surface area contributed by atoms with Crippen molar-refractivity contribution in [3.8, 4) is 5.88 Å². The zero-order valence-electron chi connectivity index (χ0n) is 15.4. The van der Waals surface area contributed by atoms with Crippen LogP contribution in [-0.2, 0) is 25.5 Å². The van der Waals surface area contributed by atoms with Crippen LogP contribution in [0.25, 0.3) is 0 Å². The van der Waals surface area contributed by atoms with Crippen molar-refractivity contribution in [3.05, 3.63) is 76.5 Å². The van der Waals surface area contributed by atoms with Crippen LogP contribution in [0, 0.1) is 0 Å². The number of nitrogens with zero attached hydrogens (tertiary/aromatic N) is 3. The molecule has 1 N–H and O–H groups in total. The SMILES string of the molecule is O=C(O)c1nnn(Cc2cc(C(F)(F)F)cc(C(F)(F)F)c2)c1OCc1ccccc1. The summed E-state index contributed by atoms with van der Waals surface area (Å²) in [4.78, 5) is 11.4. The maximum absolute atomic E-state index is 13.1. The molecule has 12 heteroatoms. The van der Waals surface area contributed by atoms with Crippen molar-refractivity contribution >= 4 is 5.97 Å². The van der Waals surface area contributed by atoms with Gasteiger partial charge in [-0.05, 0) is 29.3 Å². The molecule has 0 saturated carbocycles. The second-order valence-corrected chi connectivity index (χ2v) is 6.39. The summed E-state index contributed by atoms with van der Waals surface area (Å²) in [7, 11) is 0. The Morgan fingerprint density at radius 1 is 0.935 bits per heavy atom. The van der Waals surface area contributed by atoms with E-state index < -0.39 is 53.1 Å². The van der Waals surface area contributed by atoms with E-state index in [0.29, 0.717) is 17.7 Å². The van der Waals surface area contributed by atoms with Gasteiger partial charge in [-0.2, -0.15) is 26.3 Å². The van der Waals surface area contributed by atoms with Crippen molar-refractivity contribution in [3.63, 3.8) is 0 Å². The number of carbonyl (C=O) groups is 1. The van der Waals surface area contributed by atoms with Crippen LogP contribution < -0.4 is 4.74 Å².